The summed E-state index contributed by atoms with van der Waals surface area (Å²) in [6, 6.07) is 5.99. The molecule has 1 aliphatic carbocycles. The van der Waals surface area contributed by atoms with Crippen LogP contribution in [-0.4, -0.2) is 5.78 Å². The fourth-order valence-corrected chi connectivity index (χ4v) is 2.24. The van der Waals surface area contributed by atoms with Crippen molar-refractivity contribution in [2.75, 3.05) is 0 Å². The lowest BCUT2D eigenvalue weighted by molar-refractivity contribution is 0.102. The number of hydrogen-bond acceptors (Lipinski definition) is 1. The third kappa shape index (κ3) is 2.66. The summed E-state index contributed by atoms with van der Waals surface area (Å²) in [5, 5.41) is 0. The van der Waals surface area contributed by atoms with Crippen LogP contribution in [0, 0.1) is 19.8 Å². The molecular weight excluding hydrogens is 208 g/mol. The van der Waals surface area contributed by atoms with Gasteiger partial charge in [-0.25, -0.2) is 0 Å². The highest BCUT2D eigenvalue weighted by Crippen LogP contribution is 2.25. The molecule has 1 nitrogen and oxygen atoms in total. The number of Topliss-reactive ketones (excluding diaryl/α,β-unsaturated/α-hetero) is 1. The first-order valence-corrected chi connectivity index (χ1v) is 6.39. The third-order valence-electron chi connectivity index (χ3n) is 3.73. The van der Waals surface area contributed by atoms with Crippen molar-refractivity contribution in [2.24, 2.45) is 5.92 Å². The number of rotatable bonds is 2. The quantitative estimate of drug-likeness (QED) is 0.692. The Morgan fingerprint density at radius 3 is 2.59 bits per heavy atom. The molecule has 0 amide bonds. The Morgan fingerprint density at radius 1 is 1.24 bits per heavy atom. The van der Waals surface area contributed by atoms with Gasteiger partial charge in [-0.3, -0.25) is 4.79 Å². The lowest BCUT2D eigenvalue weighted by Gasteiger charge is -2.17. The molecule has 0 fully saturated rings. The fraction of sp³-hybridized carbons (Fsp3) is 0.438. The first-order valence-electron chi connectivity index (χ1n) is 6.39. The van der Waals surface area contributed by atoms with Gasteiger partial charge in [-0.15, -0.1) is 0 Å². The number of allylic oxidation sites excluding steroid dienone is 2. The zero-order valence-corrected chi connectivity index (χ0v) is 10.9. The molecule has 1 aromatic rings. The molecule has 0 spiro atoms. The Bertz CT molecular complexity index is 468. The summed E-state index contributed by atoms with van der Waals surface area (Å²) in [5.74, 6) is 0.950. The second-order valence-electron chi connectivity index (χ2n) is 5.24. The van der Waals surface area contributed by atoms with Crippen LogP contribution in [0.5, 0.6) is 0 Å². The van der Waals surface area contributed by atoms with Gasteiger partial charge >= 0.3 is 0 Å². The van der Waals surface area contributed by atoms with Gasteiger partial charge in [0.15, 0.2) is 5.78 Å². The van der Waals surface area contributed by atoms with Gasteiger partial charge in [0.05, 0.1) is 0 Å². The maximum absolute atomic E-state index is 12.3. The van der Waals surface area contributed by atoms with E-state index in [-0.39, 0.29) is 5.78 Å². The minimum absolute atomic E-state index is 0.222. The van der Waals surface area contributed by atoms with Crippen LogP contribution in [0.4, 0.5) is 0 Å². The monoisotopic (exact) mass is 228 g/mol. The van der Waals surface area contributed by atoms with E-state index >= 15 is 0 Å². The highest BCUT2D eigenvalue weighted by atomic mass is 16.1. The molecule has 2 rings (SSSR count). The Balaban J connectivity index is 2.22. The summed E-state index contributed by atoms with van der Waals surface area (Å²) in [4.78, 5) is 12.3. The van der Waals surface area contributed by atoms with Gasteiger partial charge in [-0.2, -0.15) is 0 Å². The van der Waals surface area contributed by atoms with Crippen molar-refractivity contribution in [1.29, 1.82) is 0 Å². The highest BCUT2D eigenvalue weighted by molar-refractivity contribution is 6.08. The Kier molecular flexibility index (Phi) is 3.46. The second kappa shape index (κ2) is 4.87. The zero-order valence-electron chi connectivity index (χ0n) is 10.9. The van der Waals surface area contributed by atoms with E-state index in [0.29, 0.717) is 0 Å². The van der Waals surface area contributed by atoms with Crippen molar-refractivity contribution in [2.45, 2.75) is 40.0 Å². The largest absolute Gasteiger partial charge is 0.289 e. The van der Waals surface area contributed by atoms with Crippen molar-refractivity contribution in [3.63, 3.8) is 0 Å². The van der Waals surface area contributed by atoms with Crippen molar-refractivity contribution in [3.8, 4) is 0 Å². The smallest absolute Gasteiger partial charge is 0.188 e. The number of carbonyl (C=O) groups excluding carboxylic acids is 1. The molecule has 0 N–H and O–H groups in total. The summed E-state index contributed by atoms with van der Waals surface area (Å²) < 4.78 is 0. The number of carbonyl (C=O) groups is 1. The lowest BCUT2D eigenvalue weighted by atomic mass is 9.87. The maximum atomic E-state index is 12.3. The summed E-state index contributed by atoms with van der Waals surface area (Å²) in [7, 11) is 0. The van der Waals surface area contributed by atoms with E-state index in [1.54, 1.807) is 0 Å². The van der Waals surface area contributed by atoms with Crippen LogP contribution < -0.4 is 0 Å². The van der Waals surface area contributed by atoms with Crippen LogP contribution >= 0.6 is 0 Å². The zero-order chi connectivity index (χ0) is 12.4. The molecule has 0 aliphatic heterocycles. The van der Waals surface area contributed by atoms with Gasteiger partial charge in [-0.1, -0.05) is 25.1 Å². The first-order chi connectivity index (χ1) is 8.08. The first kappa shape index (κ1) is 12.1. The van der Waals surface area contributed by atoms with E-state index in [1.807, 2.05) is 18.2 Å². The molecule has 0 heterocycles. The highest BCUT2D eigenvalue weighted by Gasteiger charge is 2.17. The SMILES string of the molecule is Cc1ccc(C(=O)C2=CCC(C)CC2)cc1C. The molecule has 0 saturated heterocycles. The van der Waals surface area contributed by atoms with E-state index < -0.39 is 0 Å². The van der Waals surface area contributed by atoms with E-state index in [2.05, 4.69) is 26.8 Å². The van der Waals surface area contributed by atoms with Crippen LogP contribution in [0.25, 0.3) is 0 Å². The average molecular weight is 228 g/mol. The van der Waals surface area contributed by atoms with Crippen LogP contribution in [0.2, 0.25) is 0 Å². The minimum atomic E-state index is 0.222. The molecule has 0 radical (unpaired) electrons. The van der Waals surface area contributed by atoms with Gasteiger partial charge < -0.3 is 0 Å². The molecular formula is C16H20O. The molecule has 0 saturated carbocycles. The van der Waals surface area contributed by atoms with Crippen LogP contribution in [0.1, 0.15) is 47.7 Å². The number of aryl methyl sites for hydroxylation is 2. The maximum Gasteiger partial charge on any atom is 0.188 e. The molecule has 17 heavy (non-hydrogen) atoms. The summed E-state index contributed by atoms with van der Waals surface area (Å²) in [6.45, 7) is 6.38. The topological polar surface area (TPSA) is 17.1 Å². The Hall–Kier alpha value is -1.37. The van der Waals surface area contributed by atoms with Crippen molar-refractivity contribution < 1.29 is 4.79 Å². The van der Waals surface area contributed by atoms with Gasteiger partial charge in [-0.05, 0) is 61.8 Å². The van der Waals surface area contributed by atoms with Gasteiger partial charge in [0, 0.05) is 5.56 Å². The molecule has 1 aliphatic rings. The predicted molar refractivity (Wildman–Crippen MR) is 71.3 cm³/mol. The molecule has 0 aromatic heterocycles. The summed E-state index contributed by atoms with van der Waals surface area (Å²) in [6.07, 6.45) is 5.26. The van der Waals surface area contributed by atoms with E-state index in [1.165, 1.54) is 11.1 Å². The van der Waals surface area contributed by atoms with Crippen molar-refractivity contribution in [3.05, 3.63) is 46.5 Å². The van der Waals surface area contributed by atoms with Gasteiger partial charge in [0.1, 0.15) is 0 Å². The lowest BCUT2D eigenvalue weighted by Crippen LogP contribution is -2.10. The number of ketones is 1. The Morgan fingerprint density at radius 2 is 2.00 bits per heavy atom. The molecule has 0 bridgehead atoms. The summed E-state index contributed by atoms with van der Waals surface area (Å²) in [5.41, 5.74) is 4.29. The van der Waals surface area contributed by atoms with Crippen molar-refractivity contribution >= 4 is 5.78 Å². The molecule has 1 aromatic carbocycles. The number of benzene rings is 1. The second-order valence-corrected chi connectivity index (χ2v) is 5.24. The normalized spacial score (nSPS) is 19.9. The van der Waals surface area contributed by atoms with Gasteiger partial charge in [0.25, 0.3) is 0 Å². The third-order valence-corrected chi connectivity index (χ3v) is 3.73. The minimum Gasteiger partial charge on any atom is -0.289 e. The fourth-order valence-electron chi connectivity index (χ4n) is 2.24. The van der Waals surface area contributed by atoms with Crippen LogP contribution in [0.15, 0.2) is 29.8 Å². The molecule has 90 valence electrons. The van der Waals surface area contributed by atoms with Crippen molar-refractivity contribution in [1.82, 2.24) is 0 Å². The van der Waals surface area contributed by atoms with Crippen LogP contribution in [-0.2, 0) is 0 Å². The van der Waals surface area contributed by atoms with E-state index in [0.717, 1.165) is 36.3 Å². The van der Waals surface area contributed by atoms with Crippen LogP contribution in [0.3, 0.4) is 0 Å². The molecule has 1 unspecified atom stereocenters. The molecule has 1 atom stereocenters. The van der Waals surface area contributed by atoms with E-state index in [4.69, 9.17) is 0 Å². The summed E-state index contributed by atoms with van der Waals surface area (Å²) >= 11 is 0. The van der Waals surface area contributed by atoms with E-state index in [9.17, 15) is 4.79 Å². The number of hydrogen-bond donors (Lipinski definition) is 0. The van der Waals surface area contributed by atoms with Gasteiger partial charge in [0.2, 0.25) is 0 Å². The Labute approximate surface area is 104 Å². The average Bonchev–Trinajstić information content (AvgIpc) is 2.33. The predicted octanol–water partition coefficient (Wildman–Crippen LogP) is 4.23. The molecule has 1 heteroatoms. The standard InChI is InChI=1S/C16H20O/c1-11-4-7-14(8-5-11)16(17)15-9-6-12(2)13(3)10-15/h6-7,9-11H,4-5,8H2,1-3H3.